The lowest BCUT2D eigenvalue weighted by molar-refractivity contribution is 0.516. The molecule has 0 saturated heterocycles. The predicted molar refractivity (Wildman–Crippen MR) is 65.9 cm³/mol. The molecule has 1 aromatic carbocycles. The van der Waals surface area contributed by atoms with E-state index in [2.05, 4.69) is 4.98 Å². The summed E-state index contributed by atoms with van der Waals surface area (Å²) in [5.74, 6) is -0.248. The van der Waals surface area contributed by atoms with Crippen molar-refractivity contribution in [3.05, 3.63) is 65.7 Å². The molecular weight excluding hydrogens is 215 g/mol. The molecule has 0 saturated carbocycles. The standard InChI is InChI=1S/C14H15FN2/c1-2-14(16,12-7-9-17-10-8-12)11-3-5-13(15)6-4-11/h3-10H,2,16H2,1H3. The fraction of sp³-hybridized carbons (Fsp3) is 0.214. The van der Waals surface area contributed by atoms with Gasteiger partial charge in [0.2, 0.25) is 0 Å². The first kappa shape index (κ1) is 11.7. The largest absolute Gasteiger partial charge is 0.318 e. The Labute approximate surface area is 100 Å². The number of rotatable bonds is 3. The van der Waals surface area contributed by atoms with Crippen LogP contribution in [-0.2, 0) is 5.54 Å². The zero-order chi connectivity index (χ0) is 12.3. The summed E-state index contributed by atoms with van der Waals surface area (Å²) in [6, 6.07) is 10.1. The van der Waals surface area contributed by atoms with Gasteiger partial charge in [-0.15, -0.1) is 0 Å². The maximum atomic E-state index is 12.9. The number of hydrogen-bond donors (Lipinski definition) is 1. The topological polar surface area (TPSA) is 38.9 Å². The monoisotopic (exact) mass is 230 g/mol. The average Bonchev–Trinajstić information content (AvgIpc) is 2.40. The van der Waals surface area contributed by atoms with Crippen molar-refractivity contribution in [2.75, 3.05) is 0 Å². The Bertz CT molecular complexity index is 481. The van der Waals surface area contributed by atoms with Gasteiger partial charge in [0.15, 0.2) is 0 Å². The second-order valence-corrected chi connectivity index (χ2v) is 4.07. The van der Waals surface area contributed by atoms with E-state index in [0.717, 1.165) is 17.5 Å². The molecule has 2 aromatic rings. The van der Waals surface area contributed by atoms with Gasteiger partial charge in [-0.2, -0.15) is 0 Å². The Balaban J connectivity index is 2.48. The number of pyridine rings is 1. The molecule has 0 fully saturated rings. The lowest BCUT2D eigenvalue weighted by Crippen LogP contribution is -2.37. The van der Waals surface area contributed by atoms with Crippen LogP contribution in [0.15, 0.2) is 48.8 Å². The van der Waals surface area contributed by atoms with E-state index in [1.54, 1.807) is 24.5 Å². The SMILES string of the molecule is CCC(N)(c1ccncc1)c1ccc(F)cc1. The Morgan fingerprint density at radius 1 is 1.06 bits per heavy atom. The van der Waals surface area contributed by atoms with E-state index >= 15 is 0 Å². The number of nitrogens with zero attached hydrogens (tertiary/aromatic N) is 1. The zero-order valence-electron chi connectivity index (χ0n) is 9.73. The second kappa shape index (κ2) is 4.63. The van der Waals surface area contributed by atoms with Crippen LogP contribution in [0.4, 0.5) is 4.39 Å². The third kappa shape index (κ3) is 2.19. The maximum absolute atomic E-state index is 12.9. The van der Waals surface area contributed by atoms with Crippen LogP contribution >= 0.6 is 0 Å². The first-order valence-electron chi connectivity index (χ1n) is 5.62. The molecule has 3 heteroatoms. The summed E-state index contributed by atoms with van der Waals surface area (Å²) in [7, 11) is 0. The summed E-state index contributed by atoms with van der Waals surface area (Å²) in [4.78, 5) is 3.99. The summed E-state index contributed by atoms with van der Waals surface area (Å²) in [5, 5.41) is 0. The number of aromatic nitrogens is 1. The molecule has 0 aliphatic heterocycles. The first-order chi connectivity index (χ1) is 8.16. The third-order valence-corrected chi connectivity index (χ3v) is 3.11. The predicted octanol–water partition coefficient (Wildman–Crippen LogP) is 2.83. The fourth-order valence-electron chi connectivity index (χ4n) is 1.97. The minimum atomic E-state index is -0.587. The van der Waals surface area contributed by atoms with Crippen molar-refractivity contribution in [1.29, 1.82) is 0 Å². The van der Waals surface area contributed by atoms with Crippen molar-refractivity contribution in [3.8, 4) is 0 Å². The normalized spacial score (nSPS) is 14.3. The van der Waals surface area contributed by atoms with Crippen molar-refractivity contribution in [2.45, 2.75) is 18.9 Å². The van der Waals surface area contributed by atoms with Gasteiger partial charge in [0.1, 0.15) is 5.82 Å². The molecule has 1 unspecified atom stereocenters. The average molecular weight is 230 g/mol. The first-order valence-corrected chi connectivity index (χ1v) is 5.62. The summed E-state index contributed by atoms with van der Waals surface area (Å²) in [6.45, 7) is 2.02. The van der Waals surface area contributed by atoms with Crippen LogP contribution in [0.3, 0.4) is 0 Å². The molecule has 1 heterocycles. The van der Waals surface area contributed by atoms with E-state index in [9.17, 15) is 4.39 Å². The summed E-state index contributed by atoms with van der Waals surface area (Å²) >= 11 is 0. The minimum Gasteiger partial charge on any atom is -0.318 e. The fourth-order valence-corrected chi connectivity index (χ4v) is 1.97. The number of benzene rings is 1. The van der Waals surface area contributed by atoms with Crippen LogP contribution in [0.25, 0.3) is 0 Å². The molecule has 0 aliphatic rings. The van der Waals surface area contributed by atoms with Crippen molar-refractivity contribution < 1.29 is 4.39 Å². The van der Waals surface area contributed by atoms with Crippen LogP contribution < -0.4 is 5.73 Å². The van der Waals surface area contributed by atoms with Gasteiger partial charge < -0.3 is 5.73 Å². The number of hydrogen-bond acceptors (Lipinski definition) is 2. The van der Waals surface area contributed by atoms with E-state index in [1.807, 2.05) is 19.1 Å². The highest BCUT2D eigenvalue weighted by atomic mass is 19.1. The second-order valence-electron chi connectivity index (χ2n) is 4.07. The van der Waals surface area contributed by atoms with E-state index in [1.165, 1.54) is 12.1 Å². The van der Waals surface area contributed by atoms with Crippen LogP contribution in [0.1, 0.15) is 24.5 Å². The highest BCUT2D eigenvalue weighted by molar-refractivity contribution is 5.36. The number of nitrogens with two attached hydrogens (primary N) is 1. The van der Waals surface area contributed by atoms with Gasteiger partial charge in [-0.3, -0.25) is 4.98 Å². The Kier molecular flexibility index (Phi) is 3.20. The van der Waals surface area contributed by atoms with Crippen LogP contribution in [0.5, 0.6) is 0 Å². The Morgan fingerprint density at radius 3 is 2.12 bits per heavy atom. The highest BCUT2D eigenvalue weighted by Gasteiger charge is 2.27. The Hall–Kier alpha value is -1.74. The smallest absolute Gasteiger partial charge is 0.123 e. The lowest BCUT2D eigenvalue weighted by atomic mass is 9.82. The van der Waals surface area contributed by atoms with Gasteiger partial charge in [-0.1, -0.05) is 19.1 Å². The molecule has 88 valence electrons. The molecule has 1 aromatic heterocycles. The van der Waals surface area contributed by atoms with E-state index in [0.29, 0.717) is 0 Å². The maximum Gasteiger partial charge on any atom is 0.123 e. The van der Waals surface area contributed by atoms with Crippen LogP contribution in [0.2, 0.25) is 0 Å². The van der Waals surface area contributed by atoms with Gasteiger partial charge in [0, 0.05) is 12.4 Å². The minimum absolute atomic E-state index is 0.248. The molecule has 0 amide bonds. The molecule has 2 nitrogen and oxygen atoms in total. The molecule has 1 atom stereocenters. The summed E-state index contributed by atoms with van der Waals surface area (Å²) in [5.41, 5.74) is 7.75. The van der Waals surface area contributed by atoms with E-state index in [4.69, 9.17) is 5.73 Å². The van der Waals surface area contributed by atoms with Crippen molar-refractivity contribution in [2.24, 2.45) is 5.73 Å². The Morgan fingerprint density at radius 2 is 1.59 bits per heavy atom. The molecule has 17 heavy (non-hydrogen) atoms. The molecule has 0 spiro atoms. The summed E-state index contributed by atoms with van der Waals surface area (Å²) in [6.07, 6.45) is 4.18. The van der Waals surface area contributed by atoms with Gasteiger partial charge in [-0.25, -0.2) is 4.39 Å². The van der Waals surface area contributed by atoms with Gasteiger partial charge in [0.05, 0.1) is 5.54 Å². The molecule has 0 bridgehead atoms. The van der Waals surface area contributed by atoms with Gasteiger partial charge in [0.25, 0.3) is 0 Å². The van der Waals surface area contributed by atoms with Crippen molar-refractivity contribution in [3.63, 3.8) is 0 Å². The lowest BCUT2D eigenvalue weighted by Gasteiger charge is -2.29. The van der Waals surface area contributed by atoms with Gasteiger partial charge >= 0.3 is 0 Å². The van der Waals surface area contributed by atoms with E-state index in [-0.39, 0.29) is 5.82 Å². The van der Waals surface area contributed by atoms with Crippen LogP contribution in [0, 0.1) is 5.82 Å². The quantitative estimate of drug-likeness (QED) is 0.880. The molecule has 0 aliphatic carbocycles. The zero-order valence-corrected chi connectivity index (χ0v) is 9.73. The third-order valence-electron chi connectivity index (χ3n) is 3.11. The van der Waals surface area contributed by atoms with Crippen molar-refractivity contribution >= 4 is 0 Å². The number of halogens is 1. The molecule has 0 radical (unpaired) electrons. The summed E-state index contributed by atoms with van der Waals surface area (Å²) < 4.78 is 12.9. The van der Waals surface area contributed by atoms with Crippen LogP contribution in [-0.4, -0.2) is 4.98 Å². The molecule has 2 rings (SSSR count). The van der Waals surface area contributed by atoms with E-state index < -0.39 is 5.54 Å². The van der Waals surface area contributed by atoms with Crippen molar-refractivity contribution in [1.82, 2.24) is 4.98 Å². The highest BCUT2D eigenvalue weighted by Crippen LogP contribution is 2.29. The molecular formula is C14H15FN2. The van der Waals surface area contributed by atoms with Gasteiger partial charge in [-0.05, 0) is 41.8 Å². The molecule has 2 N–H and O–H groups in total.